The van der Waals surface area contributed by atoms with E-state index in [1.807, 2.05) is 0 Å². The Kier molecular flexibility index (Phi) is 6.31. The quantitative estimate of drug-likeness (QED) is 0.835. The van der Waals surface area contributed by atoms with E-state index in [2.05, 4.69) is 42.8 Å². The third-order valence-corrected chi connectivity index (χ3v) is 5.28. The molecule has 118 valence electrons. The summed E-state index contributed by atoms with van der Waals surface area (Å²) in [5.41, 5.74) is 0. The highest BCUT2D eigenvalue weighted by molar-refractivity contribution is 4.93. The van der Waals surface area contributed by atoms with E-state index in [0.29, 0.717) is 6.04 Å². The highest BCUT2D eigenvalue weighted by Gasteiger charge is 2.35. The zero-order valence-electron chi connectivity index (χ0n) is 14.1. The van der Waals surface area contributed by atoms with E-state index in [1.165, 1.54) is 58.4 Å². The molecule has 3 unspecified atom stereocenters. The van der Waals surface area contributed by atoms with Crippen LogP contribution in [0.4, 0.5) is 0 Å². The van der Waals surface area contributed by atoms with Crippen molar-refractivity contribution in [2.45, 2.75) is 71.5 Å². The van der Waals surface area contributed by atoms with Gasteiger partial charge >= 0.3 is 0 Å². The van der Waals surface area contributed by atoms with Crippen LogP contribution in [-0.4, -0.2) is 60.6 Å². The molecule has 0 aromatic rings. The molecular formula is C17H35N3. The van der Waals surface area contributed by atoms with E-state index in [1.54, 1.807) is 0 Å². The van der Waals surface area contributed by atoms with Gasteiger partial charge < -0.3 is 10.2 Å². The molecule has 0 bridgehead atoms. The Hall–Kier alpha value is -0.120. The van der Waals surface area contributed by atoms with Gasteiger partial charge in [0.05, 0.1) is 0 Å². The summed E-state index contributed by atoms with van der Waals surface area (Å²) >= 11 is 0. The van der Waals surface area contributed by atoms with Crippen LogP contribution in [0.25, 0.3) is 0 Å². The number of nitrogens with zero attached hydrogens (tertiary/aromatic N) is 2. The van der Waals surface area contributed by atoms with Gasteiger partial charge in [-0.25, -0.2) is 0 Å². The fourth-order valence-corrected chi connectivity index (χ4v) is 4.03. The van der Waals surface area contributed by atoms with Gasteiger partial charge in [0, 0.05) is 37.8 Å². The molecular weight excluding hydrogens is 246 g/mol. The number of hydrogen-bond donors (Lipinski definition) is 1. The Morgan fingerprint density at radius 2 is 2.00 bits per heavy atom. The summed E-state index contributed by atoms with van der Waals surface area (Å²) < 4.78 is 0. The Morgan fingerprint density at radius 3 is 2.65 bits per heavy atom. The second kappa shape index (κ2) is 7.77. The lowest BCUT2D eigenvalue weighted by molar-refractivity contribution is 0.0178. The molecule has 2 heterocycles. The maximum atomic E-state index is 3.79. The van der Waals surface area contributed by atoms with Gasteiger partial charge in [0.25, 0.3) is 0 Å². The summed E-state index contributed by atoms with van der Waals surface area (Å²) in [5.74, 6) is 0.752. The third-order valence-electron chi connectivity index (χ3n) is 5.28. The van der Waals surface area contributed by atoms with Gasteiger partial charge in [-0.3, -0.25) is 4.90 Å². The smallest absolute Gasteiger partial charge is 0.0247 e. The number of rotatable bonds is 5. The first kappa shape index (κ1) is 16.3. The fraction of sp³-hybridized carbons (Fsp3) is 1.00. The van der Waals surface area contributed by atoms with E-state index in [-0.39, 0.29) is 0 Å². The van der Waals surface area contributed by atoms with Gasteiger partial charge in [0.1, 0.15) is 0 Å². The minimum absolute atomic E-state index is 0.715. The normalized spacial score (nSPS) is 33.8. The molecule has 2 rings (SSSR count). The van der Waals surface area contributed by atoms with Crippen molar-refractivity contribution in [3.05, 3.63) is 0 Å². The molecule has 2 aliphatic rings. The Labute approximate surface area is 126 Å². The molecule has 0 aromatic carbocycles. The lowest BCUT2D eigenvalue weighted by atomic mass is 9.92. The van der Waals surface area contributed by atoms with E-state index < -0.39 is 0 Å². The largest absolute Gasteiger partial charge is 0.311 e. The second-order valence-electron chi connectivity index (χ2n) is 7.09. The van der Waals surface area contributed by atoms with E-state index >= 15 is 0 Å². The second-order valence-corrected chi connectivity index (χ2v) is 7.09. The van der Waals surface area contributed by atoms with Crippen LogP contribution in [0, 0.1) is 5.92 Å². The van der Waals surface area contributed by atoms with Gasteiger partial charge in [-0.2, -0.15) is 0 Å². The van der Waals surface area contributed by atoms with Crippen molar-refractivity contribution < 1.29 is 0 Å². The summed E-state index contributed by atoms with van der Waals surface area (Å²) in [4.78, 5) is 5.51. The van der Waals surface area contributed by atoms with E-state index in [4.69, 9.17) is 0 Å². The summed E-state index contributed by atoms with van der Waals surface area (Å²) in [7, 11) is 0. The summed E-state index contributed by atoms with van der Waals surface area (Å²) in [6.07, 6.45) is 5.40. The number of likely N-dealkylation sites (N-methyl/N-ethyl adjacent to an activating group) is 1. The van der Waals surface area contributed by atoms with Gasteiger partial charge in [-0.1, -0.05) is 34.1 Å². The van der Waals surface area contributed by atoms with Crippen molar-refractivity contribution in [1.29, 1.82) is 0 Å². The molecule has 2 fully saturated rings. The SMILES string of the molecule is CCCC1CN(C2CCCN(CC)C2)C(C(C)C)CN1. The number of hydrogen-bond acceptors (Lipinski definition) is 3. The Morgan fingerprint density at radius 1 is 1.20 bits per heavy atom. The van der Waals surface area contributed by atoms with Crippen LogP contribution in [0.3, 0.4) is 0 Å². The van der Waals surface area contributed by atoms with Crippen molar-refractivity contribution in [2.24, 2.45) is 5.92 Å². The van der Waals surface area contributed by atoms with Crippen molar-refractivity contribution >= 4 is 0 Å². The van der Waals surface area contributed by atoms with Crippen LogP contribution in [-0.2, 0) is 0 Å². The third kappa shape index (κ3) is 3.96. The minimum atomic E-state index is 0.715. The zero-order valence-corrected chi connectivity index (χ0v) is 14.1. The summed E-state index contributed by atoms with van der Waals surface area (Å²) in [6, 6.07) is 2.23. The molecule has 3 heteroatoms. The van der Waals surface area contributed by atoms with Crippen LogP contribution < -0.4 is 5.32 Å². The van der Waals surface area contributed by atoms with Crippen LogP contribution >= 0.6 is 0 Å². The van der Waals surface area contributed by atoms with E-state index in [0.717, 1.165) is 18.0 Å². The fourth-order valence-electron chi connectivity index (χ4n) is 4.03. The van der Waals surface area contributed by atoms with Crippen molar-refractivity contribution in [1.82, 2.24) is 15.1 Å². The predicted octanol–water partition coefficient (Wildman–Crippen LogP) is 2.57. The van der Waals surface area contributed by atoms with Crippen molar-refractivity contribution in [2.75, 3.05) is 32.7 Å². The van der Waals surface area contributed by atoms with Gasteiger partial charge in [-0.05, 0) is 38.3 Å². The van der Waals surface area contributed by atoms with E-state index in [9.17, 15) is 0 Å². The molecule has 0 saturated carbocycles. The molecule has 0 radical (unpaired) electrons. The van der Waals surface area contributed by atoms with Crippen molar-refractivity contribution in [3.8, 4) is 0 Å². The number of likely N-dealkylation sites (tertiary alicyclic amines) is 1. The molecule has 20 heavy (non-hydrogen) atoms. The maximum absolute atomic E-state index is 3.79. The van der Waals surface area contributed by atoms with Crippen LogP contribution in [0.15, 0.2) is 0 Å². The standard InChI is InChI=1S/C17H35N3/c1-5-8-15-12-20(17(11-18-15)14(3)4)16-9-7-10-19(6-2)13-16/h14-18H,5-13H2,1-4H3. The Balaban J connectivity index is 2.02. The molecule has 0 aromatic heterocycles. The number of piperidine rings is 1. The Bertz CT molecular complexity index is 279. The molecule has 2 saturated heterocycles. The van der Waals surface area contributed by atoms with Crippen molar-refractivity contribution in [3.63, 3.8) is 0 Å². The minimum Gasteiger partial charge on any atom is -0.311 e. The average molecular weight is 281 g/mol. The van der Waals surface area contributed by atoms with Gasteiger partial charge in [0.15, 0.2) is 0 Å². The van der Waals surface area contributed by atoms with Crippen LogP contribution in [0.1, 0.15) is 53.4 Å². The molecule has 0 amide bonds. The lowest BCUT2D eigenvalue weighted by Crippen LogP contribution is -2.63. The molecule has 2 aliphatic heterocycles. The zero-order chi connectivity index (χ0) is 14.5. The highest BCUT2D eigenvalue weighted by atomic mass is 15.3. The summed E-state index contributed by atoms with van der Waals surface area (Å²) in [6.45, 7) is 15.7. The predicted molar refractivity (Wildman–Crippen MR) is 87.2 cm³/mol. The molecule has 0 aliphatic carbocycles. The number of piperazine rings is 1. The summed E-state index contributed by atoms with van der Waals surface area (Å²) in [5, 5.41) is 3.79. The first-order valence-corrected chi connectivity index (χ1v) is 8.87. The monoisotopic (exact) mass is 281 g/mol. The molecule has 3 nitrogen and oxygen atoms in total. The molecule has 0 spiro atoms. The molecule has 3 atom stereocenters. The van der Waals surface area contributed by atoms with Crippen LogP contribution in [0.2, 0.25) is 0 Å². The molecule has 1 N–H and O–H groups in total. The van der Waals surface area contributed by atoms with Gasteiger partial charge in [0.2, 0.25) is 0 Å². The maximum Gasteiger partial charge on any atom is 0.0247 e. The topological polar surface area (TPSA) is 18.5 Å². The number of nitrogens with one attached hydrogen (secondary N) is 1. The van der Waals surface area contributed by atoms with Crippen LogP contribution in [0.5, 0.6) is 0 Å². The first-order valence-electron chi connectivity index (χ1n) is 8.87. The van der Waals surface area contributed by atoms with Gasteiger partial charge in [-0.15, -0.1) is 0 Å². The highest BCUT2D eigenvalue weighted by Crippen LogP contribution is 2.24. The average Bonchev–Trinajstić information content (AvgIpc) is 2.47. The lowest BCUT2D eigenvalue weighted by Gasteiger charge is -2.49. The first-order chi connectivity index (χ1) is 9.65.